The number of hydrogen-bond acceptors (Lipinski definition) is 6. The van der Waals surface area contributed by atoms with Crippen LogP contribution in [0.5, 0.6) is 0 Å². The third-order valence-corrected chi connectivity index (χ3v) is 5.44. The fourth-order valence-corrected chi connectivity index (χ4v) is 3.75. The second-order valence-corrected chi connectivity index (χ2v) is 7.26. The van der Waals surface area contributed by atoms with Crippen LogP contribution in [0.4, 0.5) is 0 Å². The largest absolute Gasteiger partial charge is 0.451 e. The van der Waals surface area contributed by atoms with Crippen LogP contribution in [-0.2, 0) is 16.1 Å². The number of nitrogens with zero attached hydrogens (tertiary/aromatic N) is 1. The second kappa shape index (κ2) is 8.04. The number of benzene rings is 1. The van der Waals surface area contributed by atoms with Crippen molar-refractivity contribution in [2.24, 2.45) is 0 Å². The SMILES string of the molecule is Cc1nc(-c2ccccc2)sc1C(=O)OCC(=O)NCc1cccs1. The topological polar surface area (TPSA) is 68.3 Å². The zero-order valence-corrected chi connectivity index (χ0v) is 15.2. The Labute approximate surface area is 153 Å². The maximum Gasteiger partial charge on any atom is 0.350 e. The number of esters is 1. The Hall–Kier alpha value is -2.51. The van der Waals surface area contributed by atoms with E-state index in [1.165, 1.54) is 11.3 Å². The minimum absolute atomic E-state index is 0.303. The van der Waals surface area contributed by atoms with Gasteiger partial charge in [-0.3, -0.25) is 4.79 Å². The van der Waals surface area contributed by atoms with Gasteiger partial charge in [-0.25, -0.2) is 9.78 Å². The first kappa shape index (κ1) is 17.3. The van der Waals surface area contributed by atoms with E-state index < -0.39 is 5.97 Å². The van der Waals surface area contributed by atoms with Crippen molar-refractivity contribution in [3.8, 4) is 10.6 Å². The van der Waals surface area contributed by atoms with Crippen LogP contribution in [0, 0.1) is 6.92 Å². The molecule has 0 aliphatic rings. The zero-order valence-electron chi connectivity index (χ0n) is 13.5. The van der Waals surface area contributed by atoms with Gasteiger partial charge >= 0.3 is 5.97 Å². The van der Waals surface area contributed by atoms with Crippen LogP contribution >= 0.6 is 22.7 Å². The molecule has 5 nitrogen and oxygen atoms in total. The third-order valence-electron chi connectivity index (χ3n) is 3.38. The van der Waals surface area contributed by atoms with E-state index >= 15 is 0 Å². The fraction of sp³-hybridized carbons (Fsp3) is 0.167. The zero-order chi connectivity index (χ0) is 17.6. The molecule has 0 saturated carbocycles. The molecule has 1 N–H and O–H groups in total. The van der Waals surface area contributed by atoms with Crippen LogP contribution in [0.1, 0.15) is 20.2 Å². The quantitative estimate of drug-likeness (QED) is 0.671. The molecule has 0 saturated heterocycles. The maximum absolute atomic E-state index is 12.2. The highest BCUT2D eigenvalue weighted by Crippen LogP contribution is 2.28. The summed E-state index contributed by atoms with van der Waals surface area (Å²) >= 11 is 2.83. The summed E-state index contributed by atoms with van der Waals surface area (Å²) in [6, 6.07) is 13.5. The number of ether oxygens (including phenoxy) is 1. The molecule has 2 aromatic heterocycles. The molecule has 0 aliphatic heterocycles. The van der Waals surface area contributed by atoms with E-state index in [9.17, 15) is 9.59 Å². The molecule has 128 valence electrons. The van der Waals surface area contributed by atoms with Gasteiger partial charge in [-0.1, -0.05) is 36.4 Å². The van der Waals surface area contributed by atoms with Gasteiger partial charge in [0, 0.05) is 10.4 Å². The lowest BCUT2D eigenvalue weighted by Crippen LogP contribution is -2.28. The molecule has 0 atom stereocenters. The number of aryl methyl sites for hydroxylation is 1. The Morgan fingerprint density at radius 2 is 1.96 bits per heavy atom. The molecule has 3 rings (SSSR count). The summed E-state index contributed by atoms with van der Waals surface area (Å²) in [4.78, 5) is 29.9. The Kier molecular flexibility index (Phi) is 5.57. The second-order valence-electron chi connectivity index (χ2n) is 5.23. The number of thiophene rings is 1. The number of amides is 1. The number of aromatic nitrogens is 1. The Bertz CT molecular complexity index is 858. The fourth-order valence-electron chi connectivity index (χ4n) is 2.14. The predicted molar refractivity (Wildman–Crippen MR) is 98.7 cm³/mol. The van der Waals surface area contributed by atoms with Crippen molar-refractivity contribution in [3.63, 3.8) is 0 Å². The Morgan fingerprint density at radius 3 is 2.68 bits per heavy atom. The summed E-state index contributed by atoms with van der Waals surface area (Å²) in [5, 5.41) is 5.42. The molecule has 2 heterocycles. The number of carbonyl (C=O) groups excluding carboxylic acids is 2. The molecule has 0 radical (unpaired) electrons. The summed E-state index contributed by atoms with van der Waals surface area (Å²) in [6.45, 7) is 1.89. The van der Waals surface area contributed by atoms with E-state index in [4.69, 9.17) is 4.74 Å². The molecule has 25 heavy (non-hydrogen) atoms. The highest BCUT2D eigenvalue weighted by Gasteiger charge is 2.18. The summed E-state index contributed by atoms with van der Waals surface area (Å²) in [7, 11) is 0. The van der Waals surface area contributed by atoms with Crippen LogP contribution < -0.4 is 5.32 Å². The van der Waals surface area contributed by atoms with E-state index in [2.05, 4.69) is 10.3 Å². The highest BCUT2D eigenvalue weighted by molar-refractivity contribution is 7.17. The van der Waals surface area contributed by atoms with Crippen LogP contribution in [0.15, 0.2) is 47.8 Å². The summed E-state index contributed by atoms with van der Waals surface area (Å²) in [5.41, 5.74) is 1.55. The number of carbonyl (C=O) groups is 2. The normalized spacial score (nSPS) is 10.4. The lowest BCUT2D eigenvalue weighted by molar-refractivity contribution is -0.124. The minimum Gasteiger partial charge on any atom is -0.451 e. The van der Waals surface area contributed by atoms with Crippen molar-refractivity contribution in [2.75, 3.05) is 6.61 Å². The predicted octanol–water partition coefficient (Wildman–Crippen LogP) is 3.65. The van der Waals surface area contributed by atoms with Crippen molar-refractivity contribution < 1.29 is 14.3 Å². The molecular weight excluding hydrogens is 356 g/mol. The maximum atomic E-state index is 12.2. The van der Waals surface area contributed by atoms with E-state index in [-0.39, 0.29) is 12.5 Å². The standard InChI is InChI=1S/C18H16N2O3S2/c1-12-16(25-17(20-12)13-6-3-2-4-7-13)18(22)23-11-15(21)19-10-14-8-5-9-24-14/h2-9H,10-11H2,1H3,(H,19,21). The van der Waals surface area contributed by atoms with Gasteiger partial charge < -0.3 is 10.1 Å². The van der Waals surface area contributed by atoms with Crippen LogP contribution in [0.3, 0.4) is 0 Å². The van der Waals surface area contributed by atoms with Crippen LogP contribution in [-0.4, -0.2) is 23.5 Å². The number of nitrogens with one attached hydrogen (secondary N) is 1. The molecule has 1 amide bonds. The molecule has 7 heteroatoms. The van der Waals surface area contributed by atoms with Gasteiger partial charge in [-0.05, 0) is 18.4 Å². The summed E-state index contributed by atoms with van der Waals surface area (Å²) in [6.07, 6.45) is 0. The first-order chi connectivity index (χ1) is 12.1. The van der Waals surface area contributed by atoms with Crippen LogP contribution in [0.2, 0.25) is 0 Å². The van der Waals surface area contributed by atoms with Crippen molar-refractivity contribution in [3.05, 3.63) is 63.3 Å². The lowest BCUT2D eigenvalue weighted by atomic mass is 10.2. The monoisotopic (exact) mass is 372 g/mol. The summed E-state index contributed by atoms with van der Waals surface area (Å²) in [5.74, 6) is -0.851. The minimum atomic E-state index is -0.525. The van der Waals surface area contributed by atoms with Gasteiger partial charge in [0.25, 0.3) is 5.91 Å². The van der Waals surface area contributed by atoms with Crippen molar-refractivity contribution in [1.82, 2.24) is 10.3 Å². The summed E-state index contributed by atoms with van der Waals surface area (Å²) < 4.78 is 5.11. The van der Waals surface area contributed by atoms with E-state index in [0.29, 0.717) is 17.1 Å². The van der Waals surface area contributed by atoms with Gasteiger partial charge in [-0.2, -0.15) is 0 Å². The lowest BCUT2D eigenvalue weighted by Gasteiger charge is -2.05. The van der Waals surface area contributed by atoms with Gasteiger partial charge in [0.05, 0.1) is 12.2 Å². The molecule has 0 aliphatic carbocycles. The van der Waals surface area contributed by atoms with E-state index in [0.717, 1.165) is 15.4 Å². The Morgan fingerprint density at radius 1 is 1.16 bits per heavy atom. The highest BCUT2D eigenvalue weighted by atomic mass is 32.1. The van der Waals surface area contributed by atoms with E-state index in [1.54, 1.807) is 18.3 Å². The Balaban J connectivity index is 1.56. The first-order valence-corrected chi connectivity index (χ1v) is 9.32. The molecule has 0 spiro atoms. The van der Waals surface area contributed by atoms with Crippen molar-refractivity contribution >= 4 is 34.6 Å². The van der Waals surface area contributed by atoms with Gasteiger partial charge in [-0.15, -0.1) is 22.7 Å². The number of thiazole rings is 1. The van der Waals surface area contributed by atoms with Gasteiger partial charge in [0.15, 0.2) is 6.61 Å². The molecule has 0 unspecified atom stereocenters. The smallest absolute Gasteiger partial charge is 0.350 e. The van der Waals surface area contributed by atoms with Gasteiger partial charge in [0.1, 0.15) is 9.88 Å². The number of hydrogen-bond donors (Lipinski definition) is 1. The van der Waals surface area contributed by atoms with Crippen LogP contribution in [0.25, 0.3) is 10.6 Å². The molecule has 0 bridgehead atoms. The molecule has 0 fully saturated rings. The first-order valence-electron chi connectivity index (χ1n) is 7.62. The third kappa shape index (κ3) is 4.52. The average molecular weight is 372 g/mol. The van der Waals surface area contributed by atoms with Crippen molar-refractivity contribution in [1.29, 1.82) is 0 Å². The van der Waals surface area contributed by atoms with E-state index in [1.807, 2.05) is 47.8 Å². The average Bonchev–Trinajstić information content (AvgIpc) is 3.28. The van der Waals surface area contributed by atoms with Crippen molar-refractivity contribution in [2.45, 2.75) is 13.5 Å². The molecule has 1 aromatic carbocycles. The number of rotatable bonds is 6. The molecular formula is C18H16N2O3S2. The van der Waals surface area contributed by atoms with Gasteiger partial charge in [0.2, 0.25) is 0 Å². The molecule has 3 aromatic rings.